The first-order valence-electron chi connectivity index (χ1n) is 6.40. The van der Waals surface area contributed by atoms with Crippen molar-refractivity contribution in [3.05, 3.63) is 23.8 Å². The van der Waals surface area contributed by atoms with Gasteiger partial charge in [-0.15, -0.1) is 0 Å². The van der Waals surface area contributed by atoms with E-state index in [9.17, 15) is 4.79 Å². The molecule has 2 rings (SSSR count). The average Bonchev–Trinajstić information content (AvgIpc) is 2.62. The monoisotopic (exact) mass is 233 g/mol. The van der Waals surface area contributed by atoms with Gasteiger partial charge in [0.2, 0.25) is 0 Å². The van der Waals surface area contributed by atoms with Crippen molar-refractivity contribution >= 4 is 5.78 Å². The van der Waals surface area contributed by atoms with Gasteiger partial charge in [0.05, 0.1) is 6.42 Å². The van der Waals surface area contributed by atoms with Gasteiger partial charge in [0.1, 0.15) is 12.2 Å². The molecule has 4 nitrogen and oxygen atoms in total. The SMILES string of the molecule is CCn1ncnc1CC(=O)C1=CCCCCC1. The van der Waals surface area contributed by atoms with Crippen LogP contribution in [-0.4, -0.2) is 20.5 Å². The molecule has 0 N–H and O–H groups in total. The molecule has 17 heavy (non-hydrogen) atoms. The molecular weight excluding hydrogens is 214 g/mol. The fraction of sp³-hybridized carbons (Fsp3) is 0.615. The number of carbonyl (C=O) groups excluding carboxylic acids is 1. The van der Waals surface area contributed by atoms with E-state index in [-0.39, 0.29) is 5.78 Å². The van der Waals surface area contributed by atoms with E-state index in [1.54, 1.807) is 4.68 Å². The molecule has 0 spiro atoms. The molecular formula is C13H19N3O. The van der Waals surface area contributed by atoms with E-state index in [1.807, 2.05) is 6.92 Å². The second-order valence-electron chi connectivity index (χ2n) is 4.42. The summed E-state index contributed by atoms with van der Waals surface area (Å²) in [6.07, 6.45) is 9.58. The lowest BCUT2D eigenvalue weighted by atomic mass is 10.0. The number of hydrogen-bond acceptors (Lipinski definition) is 3. The van der Waals surface area contributed by atoms with Crippen LogP contribution in [0.15, 0.2) is 18.0 Å². The topological polar surface area (TPSA) is 47.8 Å². The first-order chi connectivity index (χ1) is 8.31. The third kappa shape index (κ3) is 3.02. The van der Waals surface area contributed by atoms with Gasteiger partial charge < -0.3 is 0 Å². The van der Waals surface area contributed by atoms with E-state index >= 15 is 0 Å². The maximum absolute atomic E-state index is 12.1. The van der Waals surface area contributed by atoms with Crippen LogP contribution in [0.3, 0.4) is 0 Å². The highest BCUT2D eigenvalue weighted by atomic mass is 16.1. The number of allylic oxidation sites excluding steroid dienone is 2. The Morgan fingerprint density at radius 1 is 1.41 bits per heavy atom. The molecule has 1 aliphatic rings. The fourth-order valence-corrected chi connectivity index (χ4v) is 2.21. The molecule has 0 saturated heterocycles. The van der Waals surface area contributed by atoms with Gasteiger partial charge >= 0.3 is 0 Å². The maximum atomic E-state index is 12.1. The predicted molar refractivity (Wildman–Crippen MR) is 65.6 cm³/mol. The van der Waals surface area contributed by atoms with Crippen molar-refractivity contribution in [2.75, 3.05) is 0 Å². The number of aromatic nitrogens is 3. The summed E-state index contributed by atoms with van der Waals surface area (Å²) < 4.78 is 1.79. The van der Waals surface area contributed by atoms with Crippen molar-refractivity contribution < 1.29 is 4.79 Å². The Kier molecular flexibility index (Phi) is 4.07. The van der Waals surface area contributed by atoms with Crippen LogP contribution in [0.2, 0.25) is 0 Å². The molecule has 0 atom stereocenters. The highest BCUT2D eigenvalue weighted by Gasteiger charge is 2.14. The minimum atomic E-state index is 0.217. The van der Waals surface area contributed by atoms with Crippen molar-refractivity contribution in [1.82, 2.24) is 14.8 Å². The number of ketones is 1. The van der Waals surface area contributed by atoms with Gasteiger partial charge in [0.15, 0.2) is 5.78 Å². The van der Waals surface area contributed by atoms with E-state index in [1.165, 1.54) is 19.2 Å². The number of rotatable bonds is 4. The highest BCUT2D eigenvalue weighted by Crippen LogP contribution is 2.18. The molecule has 0 radical (unpaired) electrons. The summed E-state index contributed by atoms with van der Waals surface area (Å²) in [5, 5.41) is 4.09. The molecule has 0 unspecified atom stereocenters. The van der Waals surface area contributed by atoms with Crippen molar-refractivity contribution in [2.24, 2.45) is 0 Å². The van der Waals surface area contributed by atoms with Gasteiger partial charge in [-0.25, -0.2) is 9.67 Å². The fourth-order valence-electron chi connectivity index (χ4n) is 2.21. The van der Waals surface area contributed by atoms with Gasteiger partial charge in [-0.3, -0.25) is 4.79 Å². The van der Waals surface area contributed by atoms with Gasteiger partial charge in [-0.1, -0.05) is 12.5 Å². The largest absolute Gasteiger partial charge is 0.294 e. The molecule has 0 aromatic carbocycles. The minimum absolute atomic E-state index is 0.217. The number of carbonyl (C=O) groups is 1. The van der Waals surface area contributed by atoms with Crippen LogP contribution < -0.4 is 0 Å². The standard InChI is InChI=1S/C13H19N3O/c1-2-16-13(14-10-15-16)9-12(17)11-7-5-3-4-6-8-11/h7,10H,2-6,8-9H2,1H3. The molecule has 1 aromatic rings. The van der Waals surface area contributed by atoms with E-state index in [4.69, 9.17) is 0 Å². The molecule has 0 amide bonds. The molecule has 92 valence electrons. The van der Waals surface area contributed by atoms with E-state index in [0.29, 0.717) is 6.42 Å². The van der Waals surface area contributed by atoms with E-state index in [2.05, 4.69) is 16.2 Å². The maximum Gasteiger partial charge on any atom is 0.166 e. The lowest BCUT2D eigenvalue weighted by Gasteiger charge is -2.05. The van der Waals surface area contributed by atoms with Crippen molar-refractivity contribution in [1.29, 1.82) is 0 Å². The summed E-state index contributed by atoms with van der Waals surface area (Å²) in [4.78, 5) is 16.3. The van der Waals surface area contributed by atoms with Gasteiger partial charge in [-0.2, -0.15) is 5.10 Å². The zero-order valence-electron chi connectivity index (χ0n) is 10.4. The third-order valence-electron chi connectivity index (χ3n) is 3.21. The first-order valence-corrected chi connectivity index (χ1v) is 6.40. The van der Waals surface area contributed by atoms with Crippen molar-refractivity contribution in [3.63, 3.8) is 0 Å². The van der Waals surface area contributed by atoms with Crippen LogP contribution in [0.1, 0.15) is 44.9 Å². The molecule has 1 aromatic heterocycles. The lowest BCUT2D eigenvalue weighted by molar-refractivity contribution is -0.115. The summed E-state index contributed by atoms with van der Waals surface area (Å²) in [5.74, 6) is 0.997. The Balaban J connectivity index is 2.03. The predicted octanol–water partition coefficient (Wildman–Crippen LogP) is 2.30. The zero-order chi connectivity index (χ0) is 12.1. The molecule has 0 bridgehead atoms. The second kappa shape index (κ2) is 5.75. The van der Waals surface area contributed by atoms with Crippen LogP contribution in [0.4, 0.5) is 0 Å². The molecule has 1 aliphatic carbocycles. The number of Topliss-reactive ketones (excluding diaryl/α,β-unsaturated/α-hetero) is 1. The summed E-state index contributed by atoms with van der Waals surface area (Å²) in [6.45, 7) is 2.77. The Morgan fingerprint density at radius 2 is 2.29 bits per heavy atom. The van der Waals surface area contributed by atoms with Gasteiger partial charge in [-0.05, 0) is 38.2 Å². The highest BCUT2D eigenvalue weighted by molar-refractivity contribution is 5.96. The molecule has 4 heteroatoms. The summed E-state index contributed by atoms with van der Waals surface area (Å²) in [5.41, 5.74) is 0.994. The lowest BCUT2D eigenvalue weighted by Crippen LogP contribution is -2.12. The normalized spacial score (nSPS) is 16.4. The Hall–Kier alpha value is -1.45. The van der Waals surface area contributed by atoms with Gasteiger partial charge in [0.25, 0.3) is 0 Å². The minimum Gasteiger partial charge on any atom is -0.294 e. The van der Waals surface area contributed by atoms with E-state index in [0.717, 1.165) is 37.2 Å². The van der Waals surface area contributed by atoms with Crippen LogP contribution in [0.5, 0.6) is 0 Å². The van der Waals surface area contributed by atoms with Crippen molar-refractivity contribution in [2.45, 2.75) is 52.0 Å². The number of aryl methyl sites for hydroxylation is 1. The Morgan fingerprint density at radius 3 is 3.12 bits per heavy atom. The summed E-state index contributed by atoms with van der Waals surface area (Å²) in [6, 6.07) is 0. The molecule has 0 aliphatic heterocycles. The molecule has 1 heterocycles. The quantitative estimate of drug-likeness (QED) is 0.801. The van der Waals surface area contributed by atoms with E-state index < -0.39 is 0 Å². The molecule has 0 saturated carbocycles. The number of nitrogens with zero attached hydrogens (tertiary/aromatic N) is 3. The third-order valence-corrected chi connectivity index (χ3v) is 3.21. The Labute approximate surface area is 102 Å². The average molecular weight is 233 g/mol. The first kappa shape index (κ1) is 12.0. The van der Waals surface area contributed by atoms with Crippen molar-refractivity contribution in [3.8, 4) is 0 Å². The van der Waals surface area contributed by atoms with Crippen LogP contribution in [0.25, 0.3) is 0 Å². The van der Waals surface area contributed by atoms with Crippen LogP contribution in [-0.2, 0) is 17.8 Å². The smallest absolute Gasteiger partial charge is 0.166 e. The number of hydrogen-bond donors (Lipinski definition) is 0. The molecule has 0 fully saturated rings. The second-order valence-corrected chi connectivity index (χ2v) is 4.42. The van der Waals surface area contributed by atoms with Crippen LogP contribution in [0, 0.1) is 0 Å². The summed E-state index contributed by atoms with van der Waals surface area (Å²) >= 11 is 0. The van der Waals surface area contributed by atoms with Gasteiger partial charge in [0, 0.05) is 6.54 Å². The zero-order valence-corrected chi connectivity index (χ0v) is 10.4. The van der Waals surface area contributed by atoms with Crippen LogP contribution >= 0.6 is 0 Å². The Bertz CT molecular complexity index is 420. The summed E-state index contributed by atoms with van der Waals surface area (Å²) in [7, 11) is 0.